The van der Waals surface area contributed by atoms with Crippen molar-refractivity contribution in [3.8, 4) is 5.75 Å². The van der Waals surface area contributed by atoms with E-state index in [0.29, 0.717) is 18.8 Å². The Hall–Kier alpha value is -2.25. The Morgan fingerprint density at radius 2 is 2.36 bits per heavy atom. The maximum absolute atomic E-state index is 12.5. The predicted octanol–water partition coefficient (Wildman–Crippen LogP) is 3.94. The van der Waals surface area contributed by atoms with Gasteiger partial charge in [-0.2, -0.15) is 0 Å². The molecule has 25 heavy (non-hydrogen) atoms. The molecule has 0 radical (unpaired) electrons. The van der Waals surface area contributed by atoms with Gasteiger partial charge in [0.15, 0.2) is 5.16 Å². The summed E-state index contributed by atoms with van der Waals surface area (Å²) in [4.78, 5) is 23.2. The Bertz CT molecular complexity index is 858. The fourth-order valence-corrected chi connectivity index (χ4v) is 3.89. The Labute approximate surface area is 154 Å². The summed E-state index contributed by atoms with van der Waals surface area (Å²) in [6.07, 6.45) is 1.75. The highest BCUT2D eigenvalue weighted by Crippen LogP contribution is 2.23. The van der Waals surface area contributed by atoms with Gasteiger partial charge in [0.25, 0.3) is 0 Å². The van der Waals surface area contributed by atoms with E-state index in [4.69, 9.17) is 4.74 Å². The van der Waals surface area contributed by atoms with Gasteiger partial charge in [-0.25, -0.2) is 4.98 Å². The van der Waals surface area contributed by atoms with E-state index >= 15 is 0 Å². The zero-order valence-electron chi connectivity index (χ0n) is 13.9. The number of amides is 1. The minimum atomic E-state index is 0.0661. The Morgan fingerprint density at radius 3 is 3.08 bits per heavy atom. The molecule has 1 amide bonds. The van der Waals surface area contributed by atoms with Crippen LogP contribution >= 0.6 is 23.1 Å². The molecule has 3 aromatic rings. The summed E-state index contributed by atoms with van der Waals surface area (Å²) in [5.74, 6) is 1.17. The van der Waals surface area contributed by atoms with Crippen molar-refractivity contribution in [2.45, 2.75) is 11.7 Å². The number of nitrogens with zero attached hydrogens (tertiary/aromatic N) is 2. The van der Waals surface area contributed by atoms with Crippen LogP contribution in [0.15, 0.2) is 53.5 Å². The molecule has 130 valence electrons. The second kappa shape index (κ2) is 8.22. The molecular formula is C18H19N3O2S2. The number of hydrogen-bond acceptors (Lipinski definition) is 5. The van der Waals surface area contributed by atoms with Crippen LogP contribution in [0, 0.1) is 0 Å². The van der Waals surface area contributed by atoms with Crippen molar-refractivity contribution in [2.75, 3.05) is 19.4 Å². The number of rotatable bonds is 8. The lowest BCUT2D eigenvalue weighted by atomic mass is 10.3. The van der Waals surface area contributed by atoms with Gasteiger partial charge in [0.2, 0.25) is 5.91 Å². The number of fused-ring (bicyclic) bond motifs is 1. The van der Waals surface area contributed by atoms with Crippen LogP contribution in [0.25, 0.3) is 11.0 Å². The lowest BCUT2D eigenvalue weighted by Crippen LogP contribution is -2.31. The quantitative estimate of drug-likeness (QED) is 0.480. The number of nitrogens with one attached hydrogen (secondary N) is 1. The van der Waals surface area contributed by atoms with Gasteiger partial charge in [0.1, 0.15) is 5.75 Å². The second-order valence-electron chi connectivity index (χ2n) is 5.36. The summed E-state index contributed by atoms with van der Waals surface area (Å²) in [5, 5.41) is 2.75. The lowest BCUT2D eigenvalue weighted by Gasteiger charge is -2.20. The molecule has 0 fully saturated rings. The smallest absolute Gasteiger partial charge is 0.233 e. The Morgan fingerprint density at radius 1 is 1.48 bits per heavy atom. The number of hydrogen-bond donors (Lipinski definition) is 1. The molecule has 1 N–H and O–H groups in total. The van der Waals surface area contributed by atoms with Crippen molar-refractivity contribution in [3.63, 3.8) is 0 Å². The van der Waals surface area contributed by atoms with E-state index in [2.05, 4.69) is 16.5 Å². The number of carbonyl (C=O) groups excluding carboxylic acids is 1. The molecule has 0 aliphatic carbocycles. The lowest BCUT2D eigenvalue weighted by molar-refractivity contribution is -0.128. The average molecular weight is 374 g/mol. The molecule has 0 bridgehead atoms. The molecule has 0 aliphatic rings. The third kappa shape index (κ3) is 4.43. The molecule has 0 unspecified atom stereocenters. The monoisotopic (exact) mass is 373 g/mol. The van der Waals surface area contributed by atoms with Crippen molar-refractivity contribution in [1.82, 2.24) is 14.9 Å². The molecule has 7 heteroatoms. The van der Waals surface area contributed by atoms with Crippen molar-refractivity contribution < 1.29 is 9.53 Å². The van der Waals surface area contributed by atoms with Gasteiger partial charge in [0, 0.05) is 17.5 Å². The van der Waals surface area contributed by atoms with Crippen LogP contribution < -0.4 is 4.74 Å². The van der Waals surface area contributed by atoms with Crippen LogP contribution in [-0.4, -0.2) is 40.2 Å². The Kier molecular flexibility index (Phi) is 5.78. The van der Waals surface area contributed by atoms with E-state index in [1.54, 1.807) is 29.4 Å². The van der Waals surface area contributed by atoms with Crippen LogP contribution in [0.5, 0.6) is 5.75 Å². The van der Waals surface area contributed by atoms with Crippen LogP contribution in [0.1, 0.15) is 4.88 Å². The topological polar surface area (TPSA) is 58.2 Å². The van der Waals surface area contributed by atoms with Crippen molar-refractivity contribution in [2.24, 2.45) is 0 Å². The van der Waals surface area contributed by atoms with Crippen molar-refractivity contribution >= 4 is 40.0 Å². The van der Waals surface area contributed by atoms with Gasteiger partial charge in [-0.1, -0.05) is 23.9 Å². The molecule has 0 saturated carbocycles. The maximum atomic E-state index is 12.5. The molecule has 0 spiro atoms. The SMILES string of the molecule is C=CCN(Cc1cccs1)C(=O)CSc1nc2ccc(OC)cc2[nH]1. The largest absolute Gasteiger partial charge is 0.497 e. The summed E-state index contributed by atoms with van der Waals surface area (Å²) >= 11 is 3.05. The average Bonchev–Trinajstić information content (AvgIpc) is 3.27. The summed E-state index contributed by atoms with van der Waals surface area (Å²) < 4.78 is 5.21. The third-order valence-corrected chi connectivity index (χ3v) is 5.35. The summed E-state index contributed by atoms with van der Waals surface area (Å²) in [7, 11) is 1.63. The van der Waals surface area contributed by atoms with E-state index in [1.807, 2.05) is 35.7 Å². The summed E-state index contributed by atoms with van der Waals surface area (Å²) in [6, 6.07) is 9.70. The number of carbonyl (C=O) groups is 1. The van der Waals surface area contributed by atoms with Gasteiger partial charge in [-0.3, -0.25) is 4.79 Å². The molecule has 2 aromatic heterocycles. The van der Waals surface area contributed by atoms with Gasteiger partial charge in [-0.15, -0.1) is 17.9 Å². The minimum Gasteiger partial charge on any atom is -0.497 e. The molecule has 2 heterocycles. The van der Waals surface area contributed by atoms with E-state index in [0.717, 1.165) is 26.8 Å². The van der Waals surface area contributed by atoms with Gasteiger partial charge in [0.05, 0.1) is 30.4 Å². The molecule has 0 saturated heterocycles. The maximum Gasteiger partial charge on any atom is 0.233 e. The molecule has 0 aliphatic heterocycles. The van der Waals surface area contributed by atoms with Crippen LogP contribution in [-0.2, 0) is 11.3 Å². The standard InChI is InChI=1S/C18H19N3O2S2/c1-3-8-21(11-14-5-4-9-24-14)17(22)12-25-18-19-15-7-6-13(23-2)10-16(15)20-18/h3-7,9-10H,1,8,11-12H2,2H3,(H,19,20). The number of H-pyrrole nitrogens is 1. The summed E-state index contributed by atoms with van der Waals surface area (Å²) in [6.45, 7) is 4.90. The zero-order chi connectivity index (χ0) is 17.6. The van der Waals surface area contributed by atoms with E-state index in [-0.39, 0.29) is 5.91 Å². The molecular weight excluding hydrogens is 354 g/mol. The number of thioether (sulfide) groups is 1. The van der Waals surface area contributed by atoms with E-state index < -0.39 is 0 Å². The molecule has 3 rings (SSSR count). The minimum absolute atomic E-state index is 0.0661. The predicted molar refractivity (Wildman–Crippen MR) is 103 cm³/mol. The highest BCUT2D eigenvalue weighted by Gasteiger charge is 2.15. The number of methoxy groups -OCH3 is 1. The summed E-state index contributed by atoms with van der Waals surface area (Å²) in [5.41, 5.74) is 1.76. The number of imidazole rings is 1. The number of thiophene rings is 1. The van der Waals surface area contributed by atoms with E-state index in [1.165, 1.54) is 11.8 Å². The van der Waals surface area contributed by atoms with Crippen molar-refractivity contribution in [1.29, 1.82) is 0 Å². The first-order valence-corrected chi connectivity index (χ1v) is 9.63. The highest BCUT2D eigenvalue weighted by atomic mass is 32.2. The number of aromatic nitrogens is 2. The fraction of sp³-hybridized carbons (Fsp3) is 0.222. The molecule has 1 aromatic carbocycles. The number of ether oxygens (including phenoxy) is 1. The van der Waals surface area contributed by atoms with Gasteiger partial charge < -0.3 is 14.6 Å². The first-order chi connectivity index (χ1) is 12.2. The van der Waals surface area contributed by atoms with Gasteiger partial charge >= 0.3 is 0 Å². The number of benzene rings is 1. The molecule has 5 nitrogen and oxygen atoms in total. The first kappa shape index (κ1) is 17.6. The van der Waals surface area contributed by atoms with Gasteiger partial charge in [-0.05, 0) is 23.6 Å². The number of aromatic amines is 1. The normalized spacial score (nSPS) is 10.8. The highest BCUT2D eigenvalue weighted by molar-refractivity contribution is 7.99. The van der Waals surface area contributed by atoms with Crippen LogP contribution in [0.4, 0.5) is 0 Å². The van der Waals surface area contributed by atoms with Crippen LogP contribution in [0.3, 0.4) is 0 Å². The molecule has 0 atom stereocenters. The van der Waals surface area contributed by atoms with Crippen molar-refractivity contribution in [3.05, 3.63) is 53.2 Å². The Balaban J connectivity index is 1.64. The first-order valence-electron chi connectivity index (χ1n) is 7.77. The second-order valence-corrected chi connectivity index (χ2v) is 7.35. The third-order valence-electron chi connectivity index (χ3n) is 3.63. The zero-order valence-corrected chi connectivity index (χ0v) is 15.5. The van der Waals surface area contributed by atoms with Crippen LogP contribution in [0.2, 0.25) is 0 Å². The van der Waals surface area contributed by atoms with E-state index in [9.17, 15) is 4.79 Å². The fourth-order valence-electron chi connectivity index (χ4n) is 2.38.